The molecule has 6 atom stereocenters. The van der Waals surface area contributed by atoms with E-state index in [2.05, 4.69) is 27.7 Å². The van der Waals surface area contributed by atoms with Gasteiger partial charge in [-0.15, -0.1) is 0 Å². The van der Waals surface area contributed by atoms with E-state index in [1.54, 1.807) is 13.0 Å². The van der Waals surface area contributed by atoms with Crippen molar-refractivity contribution in [1.29, 1.82) is 0 Å². The van der Waals surface area contributed by atoms with Crippen molar-refractivity contribution in [2.75, 3.05) is 6.61 Å². The second-order valence-corrected chi connectivity index (χ2v) is 9.07. The van der Waals surface area contributed by atoms with Crippen molar-refractivity contribution in [1.82, 2.24) is 0 Å². The molecule has 24 heavy (non-hydrogen) atoms. The third kappa shape index (κ3) is 2.08. The van der Waals surface area contributed by atoms with E-state index < -0.39 is 6.29 Å². The zero-order valence-electron chi connectivity index (χ0n) is 15.9. The van der Waals surface area contributed by atoms with Crippen molar-refractivity contribution < 1.29 is 19.4 Å². The summed E-state index contributed by atoms with van der Waals surface area (Å²) < 4.78 is 11.7. The number of rotatable bonds is 2. The van der Waals surface area contributed by atoms with Crippen LogP contribution in [0.25, 0.3) is 0 Å². The van der Waals surface area contributed by atoms with Crippen LogP contribution in [0.4, 0.5) is 0 Å². The normalized spacial score (nSPS) is 47.2. The molecule has 1 saturated heterocycles. The second-order valence-electron chi connectivity index (χ2n) is 9.07. The van der Waals surface area contributed by atoms with Crippen LogP contribution >= 0.6 is 0 Å². The highest BCUT2D eigenvalue weighted by molar-refractivity contribution is 5.87. The van der Waals surface area contributed by atoms with E-state index >= 15 is 0 Å². The Hall–Kier alpha value is -0.870. The monoisotopic (exact) mass is 336 g/mol. The summed E-state index contributed by atoms with van der Waals surface area (Å²) in [6.07, 6.45) is 4.12. The molecule has 3 aliphatic rings. The summed E-state index contributed by atoms with van der Waals surface area (Å²) in [7, 11) is 0. The Morgan fingerprint density at radius 2 is 1.92 bits per heavy atom. The fourth-order valence-corrected chi connectivity index (χ4v) is 6.09. The van der Waals surface area contributed by atoms with Crippen molar-refractivity contribution in [3.05, 3.63) is 11.6 Å². The minimum absolute atomic E-state index is 0.0153. The maximum Gasteiger partial charge on any atom is 0.333 e. The predicted molar refractivity (Wildman–Crippen MR) is 92.1 cm³/mol. The van der Waals surface area contributed by atoms with Crippen molar-refractivity contribution in [3.63, 3.8) is 0 Å². The van der Waals surface area contributed by atoms with Gasteiger partial charge in [-0.05, 0) is 37.5 Å². The van der Waals surface area contributed by atoms with Crippen LogP contribution in [0.15, 0.2) is 11.6 Å². The van der Waals surface area contributed by atoms with Gasteiger partial charge in [-0.2, -0.15) is 0 Å². The molecule has 1 N–H and O–H groups in total. The number of ether oxygens (including phenoxy) is 2. The van der Waals surface area contributed by atoms with Crippen LogP contribution in [0.5, 0.6) is 0 Å². The van der Waals surface area contributed by atoms with Gasteiger partial charge in [0.1, 0.15) is 6.10 Å². The molecule has 4 heteroatoms. The molecule has 0 aromatic heterocycles. The zero-order valence-corrected chi connectivity index (χ0v) is 15.9. The molecular formula is C20H32O4. The topological polar surface area (TPSA) is 55.8 Å². The lowest BCUT2D eigenvalue weighted by molar-refractivity contribution is -0.193. The second kappa shape index (κ2) is 5.57. The molecular weight excluding hydrogens is 304 g/mol. The van der Waals surface area contributed by atoms with Gasteiger partial charge in [-0.1, -0.05) is 40.2 Å². The fourth-order valence-electron chi connectivity index (χ4n) is 6.09. The van der Waals surface area contributed by atoms with Crippen LogP contribution in [0.3, 0.4) is 0 Å². The van der Waals surface area contributed by atoms with E-state index in [1.807, 2.05) is 6.92 Å². The van der Waals surface area contributed by atoms with Gasteiger partial charge in [0.25, 0.3) is 0 Å². The van der Waals surface area contributed by atoms with Gasteiger partial charge in [-0.25, -0.2) is 4.79 Å². The quantitative estimate of drug-likeness (QED) is 0.617. The first-order chi connectivity index (χ1) is 11.1. The number of carbonyl (C=O) groups excluding carboxylic acids is 1. The molecule has 0 unspecified atom stereocenters. The van der Waals surface area contributed by atoms with Crippen LogP contribution in [-0.2, 0) is 14.3 Å². The van der Waals surface area contributed by atoms with Gasteiger partial charge < -0.3 is 14.6 Å². The molecule has 0 radical (unpaired) electrons. The molecule has 3 fully saturated rings. The van der Waals surface area contributed by atoms with Gasteiger partial charge in [0.05, 0.1) is 6.61 Å². The molecule has 1 heterocycles. The molecule has 0 aromatic rings. The number of allylic oxidation sites excluding steroid dienone is 1. The molecule has 1 aliphatic heterocycles. The van der Waals surface area contributed by atoms with Gasteiger partial charge in [-0.3, -0.25) is 0 Å². The number of hydrogen-bond donors (Lipinski definition) is 1. The average Bonchev–Trinajstić information content (AvgIpc) is 2.98. The third-order valence-electron chi connectivity index (χ3n) is 7.99. The number of carbonyl (C=O) groups is 1. The van der Waals surface area contributed by atoms with Crippen LogP contribution in [0.1, 0.15) is 60.8 Å². The highest BCUT2D eigenvalue weighted by Crippen LogP contribution is 2.73. The van der Waals surface area contributed by atoms with E-state index in [9.17, 15) is 9.90 Å². The Balaban J connectivity index is 2.06. The molecule has 0 aromatic carbocycles. The zero-order chi connectivity index (χ0) is 17.9. The SMILES string of the molecule is C/C=C(\C)C(=O)O[C@@H]1[C@H]2CO[C@H](O)[C@H]2[C@]2(C)C(C)(C)CCC[C@]12C. The van der Waals surface area contributed by atoms with Crippen LogP contribution in [-0.4, -0.2) is 30.1 Å². The minimum Gasteiger partial charge on any atom is -0.458 e. The van der Waals surface area contributed by atoms with E-state index in [0.29, 0.717) is 12.2 Å². The maximum atomic E-state index is 12.5. The summed E-state index contributed by atoms with van der Waals surface area (Å²) in [6, 6.07) is 0. The molecule has 0 spiro atoms. The standard InChI is InChI=1S/C20H32O4/c1-7-12(2)16(21)24-15-13-11-23-17(22)14(13)20(6)18(3,4)9-8-10-19(15,20)5/h7,13-15,17,22H,8-11H2,1-6H3/b12-7+/t13-,14-,15+,17-,19+,20+/m0/s1. The fraction of sp³-hybridized carbons (Fsp3) is 0.850. The summed E-state index contributed by atoms with van der Waals surface area (Å²) in [6.45, 7) is 13.3. The number of esters is 1. The van der Waals surface area contributed by atoms with Gasteiger partial charge in [0.2, 0.25) is 0 Å². The Morgan fingerprint density at radius 1 is 1.25 bits per heavy atom. The number of aliphatic hydroxyl groups excluding tert-OH is 1. The first kappa shape index (κ1) is 17.9. The minimum atomic E-state index is -0.761. The van der Waals surface area contributed by atoms with E-state index in [1.165, 1.54) is 0 Å². The van der Waals surface area contributed by atoms with Gasteiger partial charge in [0.15, 0.2) is 6.29 Å². The molecule has 0 bridgehead atoms. The largest absolute Gasteiger partial charge is 0.458 e. The van der Waals surface area contributed by atoms with E-state index in [4.69, 9.17) is 9.47 Å². The third-order valence-corrected chi connectivity index (χ3v) is 7.99. The number of fused-ring (bicyclic) bond motifs is 3. The van der Waals surface area contributed by atoms with Crippen molar-refractivity contribution in [3.8, 4) is 0 Å². The Bertz CT molecular complexity index is 566. The molecule has 0 amide bonds. The Labute approximate surface area is 145 Å². The molecule has 2 saturated carbocycles. The molecule has 2 aliphatic carbocycles. The molecule has 4 nitrogen and oxygen atoms in total. The lowest BCUT2D eigenvalue weighted by atomic mass is 9.46. The lowest BCUT2D eigenvalue weighted by Crippen LogP contribution is -2.56. The van der Waals surface area contributed by atoms with Crippen molar-refractivity contribution in [2.24, 2.45) is 28.1 Å². The molecule has 3 rings (SSSR count). The van der Waals surface area contributed by atoms with Crippen LogP contribution < -0.4 is 0 Å². The number of aliphatic hydroxyl groups is 1. The van der Waals surface area contributed by atoms with Crippen molar-refractivity contribution in [2.45, 2.75) is 73.2 Å². The first-order valence-corrected chi connectivity index (χ1v) is 9.24. The lowest BCUT2D eigenvalue weighted by Gasteiger charge is -2.59. The summed E-state index contributed by atoms with van der Waals surface area (Å²) in [5, 5.41) is 10.6. The van der Waals surface area contributed by atoms with E-state index in [0.717, 1.165) is 19.3 Å². The summed E-state index contributed by atoms with van der Waals surface area (Å²) >= 11 is 0. The van der Waals surface area contributed by atoms with Crippen LogP contribution in [0, 0.1) is 28.1 Å². The smallest absolute Gasteiger partial charge is 0.333 e. The molecule has 136 valence electrons. The first-order valence-electron chi connectivity index (χ1n) is 9.24. The highest BCUT2D eigenvalue weighted by Gasteiger charge is 2.74. The van der Waals surface area contributed by atoms with Crippen LogP contribution in [0.2, 0.25) is 0 Å². The van der Waals surface area contributed by atoms with Gasteiger partial charge in [0, 0.05) is 22.8 Å². The Kier molecular flexibility index (Phi) is 4.16. The van der Waals surface area contributed by atoms with Gasteiger partial charge >= 0.3 is 5.97 Å². The maximum absolute atomic E-state index is 12.5. The summed E-state index contributed by atoms with van der Waals surface area (Å²) in [5.41, 5.74) is 0.429. The number of hydrogen-bond acceptors (Lipinski definition) is 4. The van der Waals surface area contributed by atoms with E-state index in [-0.39, 0.29) is 40.2 Å². The highest BCUT2D eigenvalue weighted by atomic mass is 16.6. The Morgan fingerprint density at radius 3 is 2.54 bits per heavy atom. The average molecular weight is 336 g/mol. The van der Waals surface area contributed by atoms with Crippen molar-refractivity contribution >= 4 is 5.97 Å². The summed E-state index contributed by atoms with van der Waals surface area (Å²) in [4.78, 5) is 12.5. The summed E-state index contributed by atoms with van der Waals surface area (Å²) in [5.74, 6) is -0.154. The predicted octanol–water partition coefficient (Wildman–Crippen LogP) is 3.68.